The van der Waals surface area contributed by atoms with Crippen molar-refractivity contribution in [2.24, 2.45) is 0 Å². The number of aryl methyl sites for hydroxylation is 2. The Balaban J connectivity index is 1.85. The summed E-state index contributed by atoms with van der Waals surface area (Å²) < 4.78 is 40.6. The molecule has 0 radical (unpaired) electrons. The second-order valence-corrected chi connectivity index (χ2v) is 12.6. The number of methoxy groups -OCH3 is 2. The van der Waals surface area contributed by atoms with Crippen LogP contribution < -0.4 is 19.1 Å². The molecule has 0 unspecified atom stereocenters. The lowest BCUT2D eigenvalue weighted by Gasteiger charge is -2.34. The second kappa shape index (κ2) is 14.8. The molecule has 1 N–H and O–H groups in total. The van der Waals surface area contributed by atoms with Gasteiger partial charge in [0, 0.05) is 26.1 Å². The first-order valence-corrected chi connectivity index (χ1v) is 15.9. The smallest absolute Gasteiger partial charge is 0.264 e. The Morgan fingerprint density at radius 1 is 0.800 bits per heavy atom. The third-order valence-corrected chi connectivity index (χ3v) is 9.27. The van der Waals surface area contributed by atoms with Crippen molar-refractivity contribution in [1.82, 2.24) is 10.2 Å². The van der Waals surface area contributed by atoms with Crippen LogP contribution >= 0.6 is 0 Å². The number of carbonyl (C=O) groups is 2. The van der Waals surface area contributed by atoms with Crippen LogP contribution in [0.1, 0.15) is 22.3 Å². The number of rotatable bonds is 13. The minimum Gasteiger partial charge on any atom is -0.497 e. The van der Waals surface area contributed by atoms with E-state index in [1.807, 2.05) is 68.4 Å². The summed E-state index contributed by atoms with van der Waals surface area (Å²) in [5.74, 6) is -0.323. The number of sulfonamides is 1. The van der Waals surface area contributed by atoms with Crippen LogP contribution in [0, 0.1) is 13.8 Å². The second-order valence-electron chi connectivity index (χ2n) is 10.7. The van der Waals surface area contributed by atoms with E-state index in [1.54, 1.807) is 24.3 Å². The van der Waals surface area contributed by atoms with Crippen molar-refractivity contribution in [2.45, 2.75) is 37.8 Å². The normalized spacial score (nSPS) is 11.8. The number of ether oxygens (including phenoxy) is 2. The molecular weight excluding hydrogens is 590 g/mol. The molecule has 10 heteroatoms. The minimum absolute atomic E-state index is 0.00291. The predicted octanol–water partition coefficient (Wildman–Crippen LogP) is 4.90. The Bertz CT molecular complexity index is 1730. The van der Waals surface area contributed by atoms with Crippen molar-refractivity contribution in [1.29, 1.82) is 0 Å². The highest BCUT2D eigenvalue weighted by molar-refractivity contribution is 7.92. The molecule has 0 bridgehead atoms. The summed E-state index contributed by atoms with van der Waals surface area (Å²) in [6, 6.07) is 27.3. The van der Waals surface area contributed by atoms with Gasteiger partial charge in [0.25, 0.3) is 10.0 Å². The molecular formula is C35H39N3O6S. The molecule has 0 saturated heterocycles. The maximum Gasteiger partial charge on any atom is 0.264 e. The summed E-state index contributed by atoms with van der Waals surface area (Å²) in [7, 11) is 0.116. The molecule has 0 saturated carbocycles. The molecule has 0 spiro atoms. The maximum atomic E-state index is 14.5. The fraction of sp³-hybridized carbons (Fsp3) is 0.257. The zero-order valence-corrected chi connectivity index (χ0v) is 27.0. The molecule has 2 amide bonds. The van der Waals surface area contributed by atoms with Crippen LogP contribution in [0.25, 0.3) is 0 Å². The molecule has 0 fully saturated rings. The van der Waals surface area contributed by atoms with Crippen molar-refractivity contribution in [3.05, 3.63) is 119 Å². The van der Waals surface area contributed by atoms with E-state index in [4.69, 9.17) is 9.47 Å². The molecule has 236 valence electrons. The van der Waals surface area contributed by atoms with Gasteiger partial charge in [0.1, 0.15) is 24.1 Å². The summed E-state index contributed by atoms with van der Waals surface area (Å²) in [5, 5.41) is 2.70. The van der Waals surface area contributed by atoms with Crippen molar-refractivity contribution in [3.63, 3.8) is 0 Å². The number of nitrogens with one attached hydrogen (secondary N) is 1. The molecule has 45 heavy (non-hydrogen) atoms. The highest BCUT2D eigenvalue weighted by Crippen LogP contribution is 2.36. The number of hydrogen-bond acceptors (Lipinski definition) is 6. The number of amides is 2. The van der Waals surface area contributed by atoms with E-state index in [2.05, 4.69) is 5.32 Å². The first-order chi connectivity index (χ1) is 21.6. The molecule has 0 aliphatic heterocycles. The molecule has 0 aliphatic rings. The molecule has 4 rings (SSSR count). The minimum atomic E-state index is -4.30. The zero-order valence-electron chi connectivity index (χ0n) is 26.2. The summed E-state index contributed by atoms with van der Waals surface area (Å²) in [6.45, 7) is 3.28. The summed E-state index contributed by atoms with van der Waals surface area (Å²) >= 11 is 0. The van der Waals surface area contributed by atoms with E-state index in [0.29, 0.717) is 5.75 Å². The van der Waals surface area contributed by atoms with Crippen molar-refractivity contribution < 1.29 is 27.5 Å². The Morgan fingerprint density at radius 3 is 2.11 bits per heavy atom. The van der Waals surface area contributed by atoms with Gasteiger partial charge in [0.05, 0.1) is 24.8 Å². The topological polar surface area (TPSA) is 105 Å². The van der Waals surface area contributed by atoms with Gasteiger partial charge in [-0.05, 0) is 49.2 Å². The Kier molecular flexibility index (Phi) is 10.9. The molecule has 4 aromatic carbocycles. The number of anilines is 1. The number of hydrogen-bond donors (Lipinski definition) is 1. The molecule has 1 atom stereocenters. The Morgan fingerprint density at radius 2 is 1.49 bits per heavy atom. The third kappa shape index (κ3) is 8.02. The van der Waals surface area contributed by atoms with Crippen molar-refractivity contribution in [2.75, 3.05) is 32.1 Å². The quantitative estimate of drug-likeness (QED) is 0.226. The van der Waals surface area contributed by atoms with Crippen LogP contribution in [-0.2, 0) is 32.6 Å². The van der Waals surface area contributed by atoms with Gasteiger partial charge in [0.15, 0.2) is 0 Å². The zero-order chi connectivity index (χ0) is 32.6. The largest absolute Gasteiger partial charge is 0.497 e. The maximum absolute atomic E-state index is 14.5. The first-order valence-electron chi connectivity index (χ1n) is 14.5. The van der Waals surface area contributed by atoms with Gasteiger partial charge >= 0.3 is 0 Å². The fourth-order valence-electron chi connectivity index (χ4n) is 5.07. The average molecular weight is 630 g/mol. The third-order valence-electron chi connectivity index (χ3n) is 7.50. The van der Waals surface area contributed by atoms with Gasteiger partial charge in [-0.2, -0.15) is 0 Å². The monoisotopic (exact) mass is 629 g/mol. The lowest BCUT2D eigenvalue weighted by Crippen LogP contribution is -2.53. The van der Waals surface area contributed by atoms with E-state index < -0.39 is 28.5 Å². The molecule has 0 heterocycles. The number of likely N-dealkylation sites (N-methyl/N-ethyl adjacent to an activating group) is 1. The molecule has 4 aromatic rings. The lowest BCUT2D eigenvalue weighted by atomic mass is 10.0. The van der Waals surface area contributed by atoms with E-state index in [-0.39, 0.29) is 35.2 Å². The predicted molar refractivity (Wildman–Crippen MR) is 175 cm³/mol. The number of carbonyl (C=O) groups excluding carboxylic acids is 2. The summed E-state index contributed by atoms with van der Waals surface area (Å²) in [5.41, 5.74) is 3.66. The van der Waals surface area contributed by atoms with Crippen LogP contribution in [0.4, 0.5) is 5.69 Å². The number of benzene rings is 4. The highest BCUT2D eigenvalue weighted by Gasteiger charge is 2.35. The van der Waals surface area contributed by atoms with Crippen molar-refractivity contribution in [3.8, 4) is 11.5 Å². The Labute approximate surface area is 265 Å². The number of nitrogens with zero attached hydrogens (tertiary/aromatic N) is 2. The van der Waals surface area contributed by atoms with Gasteiger partial charge in [-0.25, -0.2) is 8.42 Å². The standard InChI is InChI=1S/C35H39N3O6S/c1-25-14-17-30(18-15-25)45(41,42)38(31-22-29(43-4)16-19-33(31)44-5)24-34(39)37(23-28-13-9-10-26(2)20-28)32(35(40)36-3)21-27-11-7-6-8-12-27/h6-20,22,32H,21,23-24H2,1-5H3,(H,36,40)/t32-/m0/s1. The van der Waals surface area contributed by atoms with Crippen molar-refractivity contribution >= 4 is 27.5 Å². The van der Waals surface area contributed by atoms with Crippen LogP contribution in [-0.4, -0.2) is 59.0 Å². The van der Waals surface area contributed by atoms with E-state index >= 15 is 0 Å². The average Bonchev–Trinajstić information content (AvgIpc) is 3.05. The lowest BCUT2D eigenvalue weighted by molar-refractivity contribution is -0.139. The SMILES string of the molecule is CNC(=O)[C@H](Cc1ccccc1)N(Cc1cccc(C)c1)C(=O)CN(c1cc(OC)ccc1OC)S(=O)(=O)c1ccc(C)cc1. The summed E-state index contributed by atoms with van der Waals surface area (Å²) in [6.07, 6.45) is 0.227. The summed E-state index contributed by atoms with van der Waals surface area (Å²) in [4.78, 5) is 29.4. The highest BCUT2D eigenvalue weighted by atomic mass is 32.2. The van der Waals surface area contributed by atoms with E-state index in [1.165, 1.54) is 44.4 Å². The van der Waals surface area contributed by atoms with Crippen LogP contribution in [0.2, 0.25) is 0 Å². The van der Waals surface area contributed by atoms with Gasteiger partial charge in [-0.15, -0.1) is 0 Å². The fourth-order valence-corrected chi connectivity index (χ4v) is 6.49. The first kappa shape index (κ1) is 33.1. The van der Waals surface area contributed by atoms with Gasteiger partial charge in [0.2, 0.25) is 11.8 Å². The van der Waals surface area contributed by atoms with Crippen LogP contribution in [0.3, 0.4) is 0 Å². The molecule has 9 nitrogen and oxygen atoms in total. The van der Waals surface area contributed by atoms with Gasteiger partial charge in [-0.3, -0.25) is 13.9 Å². The molecule has 0 aliphatic carbocycles. The van der Waals surface area contributed by atoms with Gasteiger partial charge < -0.3 is 19.7 Å². The van der Waals surface area contributed by atoms with Gasteiger partial charge in [-0.1, -0.05) is 77.9 Å². The molecule has 0 aromatic heterocycles. The van der Waals surface area contributed by atoms with E-state index in [9.17, 15) is 18.0 Å². The Hall–Kier alpha value is -4.83. The van der Waals surface area contributed by atoms with Crippen LogP contribution in [0.5, 0.6) is 11.5 Å². The van der Waals surface area contributed by atoms with E-state index in [0.717, 1.165) is 26.6 Å². The van der Waals surface area contributed by atoms with Crippen LogP contribution in [0.15, 0.2) is 102 Å².